The number of hydrogen-bond acceptors (Lipinski definition) is 6. The summed E-state index contributed by atoms with van der Waals surface area (Å²) < 4.78 is 5.17. The molecule has 0 aliphatic carbocycles. The molecule has 2 aromatic rings. The average molecular weight is 339 g/mol. The van der Waals surface area contributed by atoms with E-state index >= 15 is 0 Å². The first kappa shape index (κ1) is 14.2. The molecule has 5 heterocycles. The molecule has 116 valence electrons. The van der Waals surface area contributed by atoms with Crippen molar-refractivity contribution < 1.29 is 9.21 Å². The second kappa shape index (κ2) is 5.64. The van der Waals surface area contributed by atoms with Crippen LogP contribution in [0.5, 0.6) is 0 Å². The third kappa shape index (κ3) is 2.64. The molecule has 0 saturated carbocycles. The summed E-state index contributed by atoms with van der Waals surface area (Å²) in [5.74, 6) is 0.931. The number of hydrogen-bond donors (Lipinski definition) is 1. The lowest BCUT2D eigenvalue weighted by Crippen LogP contribution is -2.57. The molecule has 8 heteroatoms. The molecule has 1 amide bonds. The fourth-order valence-electron chi connectivity index (χ4n) is 3.25. The second-order valence-corrected chi connectivity index (χ2v) is 7.15. The molecule has 1 N–H and O–H groups in total. The minimum Gasteiger partial charge on any atom is -0.407 e. The first-order valence-corrected chi connectivity index (χ1v) is 8.51. The molecule has 2 bridgehead atoms. The Morgan fingerprint density at radius 3 is 2.82 bits per heavy atom. The zero-order valence-electron chi connectivity index (χ0n) is 11.8. The Balaban J connectivity index is 1.46. The van der Waals surface area contributed by atoms with Crippen LogP contribution in [0, 0.1) is 5.92 Å². The van der Waals surface area contributed by atoms with Gasteiger partial charge in [0.1, 0.15) is 0 Å². The lowest BCUT2D eigenvalue weighted by atomic mass is 9.84. The number of nitrogens with zero attached hydrogens (tertiary/aromatic N) is 3. The Labute approximate surface area is 136 Å². The van der Waals surface area contributed by atoms with Crippen molar-refractivity contribution in [2.24, 2.45) is 5.92 Å². The summed E-state index contributed by atoms with van der Waals surface area (Å²) >= 11 is 6.96. The van der Waals surface area contributed by atoms with Crippen LogP contribution in [0.1, 0.15) is 22.5 Å². The summed E-state index contributed by atoms with van der Waals surface area (Å²) in [4.78, 5) is 16.3. The molecule has 0 unspecified atom stereocenters. The molecule has 22 heavy (non-hydrogen) atoms. The van der Waals surface area contributed by atoms with Gasteiger partial charge in [0.05, 0.1) is 9.75 Å². The van der Waals surface area contributed by atoms with E-state index in [1.807, 2.05) is 0 Å². The van der Waals surface area contributed by atoms with Gasteiger partial charge in [0.15, 0.2) is 0 Å². The number of carbonyl (C=O) groups excluding carboxylic acids is 1. The number of rotatable bonds is 3. The molecular formula is C14H15ClN4O2S. The molecule has 3 fully saturated rings. The number of nitrogens with one attached hydrogen (secondary N) is 1. The van der Waals surface area contributed by atoms with Crippen molar-refractivity contribution in [3.63, 3.8) is 0 Å². The molecule has 3 aliphatic heterocycles. The van der Waals surface area contributed by atoms with Crippen LogP contribution in [-0.2, 0) is 0 Å². The summed E-state index contributed by atoms with van der Waals surface area (Å²) in [6.45, 7) is 3.30. The third-order valence-electron chi connectivity index (χ3n) is 4.41. The summed E-state index contributed by atoms with van der Waals surface area (Å²) in [5, 5.41) is 10.6. The van der Waals surface area contributed by atoms with Crippen LogP contribution in [0.3, 0.4) is 0 Å². The number of piperidine rings is 3. The number of thiophene rings is 1. The molecule has 5 rings (SSSR count). The van der Waals surface area contributed by atoms with E-state index in [0.29, 0.717) is 16.7 Å². The van der Waals surface area contributed by atoms with Gasteiger partial charge in [-0.3, -0.25) is 4.79 Å². The van der Waals surface area contributed by atoms with Crippen molar-refractivity contribution in [1.29, 1.82) is 0 Å². The van der Waals surface area contributed by atoms with Crippen LogP contribution < -0.4 is 5.32 Å². The Kier molecular flexibility index (Phi) is 3.63. The Hall–Kier alpha value is -1.44. The van der Waals surface area contributed by atoms with Crippen molar-refractivity contribution in [2.75, 3.05) is 19.6 Å². The highest BCUT2D eigenvalue weighted by Gasteiger charge is 2.35. The number of amides is 1. The van der Waals surface area contributed by atoms with Gasteiger partial charge in [-0.2, -0.15) is 0 Å². The van der Waals surface area contributed by atoms with E-state index < -0.39 is 0 Å². The van der Waals surface area contributed by atoms with Crippen LogP contribution >= 0.6 is 22.9 Å². The number of fused-ring (bicyclic) bond motifs is 3. The van der Waals surface area contributed by atoms with Gasteiger partial charge in [0.25, 0.3) is 11.8 Å². The number of halogens is 1. The minimum absolute atomic E-state index is 0.00156. The summed E-state index contributed by atoms with van der Waals surface area (Å²) in [6, 6.07) is 3.85. The zero-order chi connectivity index (χ0) is 15.1. The second-order valence-electron chi connectivity index (χ2n) is 5.74. The molecule has 1 atom stereocenters. The van der Waals surface area contributed by atoms with Gasteiger partial charge in [-0.15, -0.1) is 16.4 Å². The fourth-order valence-corrected chi connectivity index (χ4v) is 4.19. The maximum atomic E-state index is 12.4. The number of aromatic nitrogens is 2. The topological polar surface area (TPSA) is 71.3 Å². The third-order valence-corrected chi connectivity index (χ3v) is 5.64. The highest BCUT2D eigenvalue weighted by atomic mass is 35.5. The van der Waals surface area contributed by atoms with E-state index in [0.717, 1.165) is 24.5 Å². The van der Waals surface area contributed by atoms with Crippen molar-refractivity contribution in [2.45, 2.75) is 18.9 Å². The van der Waals surface area contributed by atoms with Gasteiger partial charge in [-0.05, 0) is 55.6 Å². The van der Waals surface area contributed by atoms with Crippen molar-refractivity contribution >= 4 is 28.8 Å². The van der Waals surface area contributed by atoms with Crippen LogP contribution in [0.15, 0.2) is 16.5 Å². The van der Waals surface area contributed by atoms with E-state index in [1.54, 1.807) is 12.1 Å². The van der Waals surface area contributed by atoms with E-state index in [4.69, 9.17) is 16.0 Å². The molecule has 3 aliphatic rings. The summed E-state index contributed by atoms with van der Waals surface area (Å²) in [5.41, 5.74) is 0. The smallest absolute Gasteiger partial charge is 0.313 e. The maximum absolute atomic E-state index is 12.4. The van der Waals surface area contributed by atoms with Crippen LogP contribution in [0.2, 0.25) is 5.35 Å². The van der Waals surface area contributed by atoms with E-state index in [2.05, 4.69) is 20.4 Å². The van der Waals surface area contributed by atoms with Crippen molar-refractivity contribution in [3.8, 4) is 10.8 Å². The van der Waals surface area contributed by atoms with Gasteiger partial charge < -0.3 is 14.6 Å². The quantitative estimate of drug-likeness (QED) is 0.929. The Bertz CT molecular complexity index is 693. The molecule has 0 radical (unpaired) electrons. The van der Waals surface area contributed by atoms with E-state index in [-0.39, 0.29) is 17.3 Å². The average Bonchev–Trinajstić information content (AvgIpc) is 3.17. The van der Waals surface area contributed by atoms with Gasteiger partial charge >= 0.3 is 5.35 Å². The van der Waals surface area contributed by atoms with E-state index in [9.17, 15) is 4.79 Å². The fraction of sp³-hybridized carbons (Fsp3) is 0.500. The Morgan fingerprint density at radius 2 is 2.18 bits per heavy atom. The van der Waals surface area contributed by atoms with Gasteiger partial charge in [-0.1, -0.05) is 5.10 Å². The molecule has 6 nitrogen and oxygen atoms in total. The van der Waals surface area contributed by atoms with Crippen molar-refractivity contribution in [3.05, 3.63) is 22.4 Å². The summed E-state index contributed by atoms with van der Waals surface area (Å²) in [6.07, 6.45) is 2.36. The lowest BCUT2D eigenvalue weighted by Gasteiger charge is -2.44. The molecule has 0 aromatic carbocycles. The van der Waals surface area contributed by atoms with Crippen LogP contribution in [0.4, 0.5) is 0 Å². The van der Waals surface area contributed by atoms with Gasteiger partial charge in [0.2, 0.25) is 0 Å². The summed E-state index contributed by atoms with van der Waals surface area (Å²) in [7, 11) is 0. The molecule has 3 saturated heterocycles. The largest absolute Gasteiger partial charge is 0.407 e. The first-order chi connectivity index (χ1) is 10.7. The van der Waals surface area contributed by atoms with Gasteiger partial charge in [0, 0.05) is 12.6 Å². The predicted octanol–water partition coefficient (Wildman–Crippen LogP) is 2.28. The molecule has 0 spiro atoms. The molecular weight excluding hydrogens is 324 g/mol. The van der Waals surface area contributed by atoms with Crippen LogP contribution in [0.25, 0.3) is 10.8 Å². The highest BCUT2D eigenvalue weighted by molar-refractivity contribution is 7.17. The standard InChI is InChI=1S/C14H15ClN4O2S/c15-14-18-17-13(21-14)11-2-1-10(22-11)12(20)16-9-7-19-5-3-8(9)4-6-19/h1-2,8-9H,3-7H2,(H,16,20)/t9-/m0/s1. The SMILES string of the molecule is O=C(N[C@H]1CN2CCC1CC2)c1ccc(-c2nnc(Cl)o2)s1. The monoisotopic (exact) mass is 338 g/mol. The minimum atomic E-state index is -0.0272. The van der Waals surface area contributed by atoms with Gasteiger partial charge in [-0.25, -0.2) is 0 Å². The van der Waals surface area contributed by atoms with Crippen molar-refractivity contribution in [1.82, 2.24) is 20.4 Å². The predicted molar refractivity (Wildman–Crippen MR) is 83.0 cm³/mol. The maximum Gasteiger partial charge on any atom is 0.313 e. The number of carbonyl (C=O) groups is 1. The molecule has 2 aromatic heterocycles. The zero-order valence-corrected chi connectivity index (χ0v) is 13.4. The first-order valence-electron chi connectivity index (χ1n) is 7.31. The Morgan fingerprint density at radius 1 is 1.36 bits per heavy atom. The lowest BCUT2D eigenvalue weighted by molar-refractivity contribution is 0.0622. The van der Waals surface area contributed by atoms with E-state index in [1.165, 1.54) is 24.2 Å². The normalized spacial score (nSPS) is 27.0. The highest BCUT2D eigenvalue weighted by Crippen LogP contribution is 2.30. The van der Waals surface area contributed by atoms with Crippen LogP contribution in [-0.4, -0.2) is 46.7 Å².